The summed E-state index contributed by atoms with van der Waals surface area (Å²) in [6.45, 7) is 0.154. The van der Waals surface area contributed by atoms with Crippen LogP contribution in [0.15, 0.2) is 77.7 Å². The van der Waals surface area contributed by atoms with Crippen molar-refractivity contribution in [3.63, 3.8) is 0 Å². The van der Waals surface area contributed by atoms with Crippen LogP contribution < -0.4 is 11.4 Å². The molecule has 9 nitrogen and oxygen atoms in total. The van der Waals surface area contributed by atoms with Crippen LogP contribution in [0.4, 0.5) is 5.82 Å². The molecule has 2 aromatic carbocycles. The van der Waals surface area contributed by atoms with Gasteiger partial charge < -0.3 is 20.3 Å². The molecule has 180 valence electrons. The van der Waals surface area contributed by atoms with Crippen LogP contribution in [0.5, 0.6) is 0 Å². The molecule has 0 amide bonds. The Morgan fingerprint density at radius 1 is 1.06 bits per heavy atom. The van der Waals surface area contributed by atoms with E-state index in [-0.39, 0.29) is 24.5 Å². The number of nitrogens with two attached hydrogens (primary N) is 1. The van der Waals surface area contributed by atoms with Crippen LogP contribution in [-0.2, 0) is 9.47 Å². The van der Waals surface area contributed by atoms with Crippen LogP contribution >= 0.6 is 11.6 Å². The molecule has 0 saturated carbocycles. The van der Waals surface area contributed by atoms with E-state index in [0.29, 0.717) is 24.0 Å². The average molecular weight is 488 g/mol. The Hall–Kier alpha value is -3.69. The molecule has 0 bridgehead atoms. The van der Waals surface area contributed by atoms with Gasteiger partial charge in [-0.15, -0.1) is 11.6 Å². The van der Waals surface area contributed by atoms with Crippen molar-refractivity contribution in [2.45, 2.75) is 25.2 Å². The van der Waals surface area contributed by atoms with Gasteiger partial charge in [0.15, 0.2) is 0 Å². The predicted octanol–water partition coefficient (Wildman–Crippen LogP) is 3.60. The highest BCUT2D eigenvalue weighted by Crippen LogP contribution is 2.27. The van der Waals surface area contributed by atoms with E-state index in [9.17, 15) is 14.4 Å². The first kappa shape index (κ1) is 26.6. The van der Waals surface area contributed by atoms with E-state index in [1.54, 1.807) is 66.9 Å². The maximum Gasteiger partial charge on any atom is 0.351 e. The fourth-order valence-electron chi connectivity index (χ4n) is 3.07. The van der Waals surface area contributed by atoms with E-state index in [4.69, 9.17) is 20.3 Å². The van der Waals surface area contributed by atoms with Gasteiger partial charge in [-0.25, -0.2) is 14.4 Å². The van der Waals surface area contributed by atoms with Crippen molar-refractivity contribution in [3.05, 3.63) is 94.5 Å². The van der Waals surface area contributed by atoms with Crippen molar-refractivity contribution in [1.82, 2.24) is 9.55 Å². The van der Waals surface area contributed by atoms with E-state index in [2.05, 4.69) is 16.6 Å². The summed E-state index contributed by atoms with van der Waals surface area (Å²) in [7, 11) is 0. The Balaban J connectivity index is 0.000000311. The maximum absolute atomic E-state index is 11.9. The van der Waals surface area contributed by atoms with Crippen LogP contribution in [-0.4, -0.2) is 45.7 Å². The molecule has 10 heteroatoms. The maximum atomic E-state index is 11.9. The topological polar surface area (TPSA) is 134 Å². The SMILES string of the molecule is CCl.Nc1ccn(C2CCC(COC(=O)c3ccccc3)O2)c(=O)n1.O=C(O)c1ccccc1. The summed E-state index contributed by atoms with van der Waals surface area (Å²) in [6.07, 6.45) is 3.74. The summed E-state index contributed by atoms with van der Waals surface area (Å²) < 4.78 is 12.4. The van der Waals surface area contributed by atoms with Gasteiger partial charge in [-0.3, -0.25) is 4.57 Å². The highest BCUT2D eigenvalue weighted by Gasteiger charge is 2.28. The van der Waals surface area contributed by atoms with Gasteiger partial charge in [0.2, 0.25) is 0 Å². The van der Waals surface area contributed by atoms with Crippen LogP contribution in [0.1, 0.15) is 39.8 Å². The van der Waals surface area contributed by atoms with E-state index in [0.717, 1.165) is 0 Å². The Morgan fingerprint density at radius 3 is 2.18 bits per heavy atom. The smallest absolute Gasteiger partial charge is 0.351 e. The lowest BCUT2D eigenvalue weighted by atomic mass is 10.2. The second-order valence-electron chi connectivity index (χ2n) is 6.97. The van der Waals surface area contributed by atoms with Gasteiger partial charge in [0.05, 0.1) is 17.2 Å². The molecule has 1 aliphatic rings. The number of carbonyl (C=O) groups is 2. The first-order valence-corrected chi connectivity index (χ1v) is 11.1. The Labute approximate surface area is 201 Å². The lowest BCUT2D eigenvalue weighted by Gasteiger charge is -2.15. The van der Waals surface area contributed by atoms with Gasteiger partial charge in [-0.2, -0.15) is 4.98 Å². The first-order chi connectivity index (χ1) is 16.4. The van der Waals surface area contributed by atoms with E-state index in [1.165, 1.54) is 11.0 Å². The number of nitrogens with zero attached hydrogens (tertiary/aromatic N) is 2. The molecule has 3 N–H and O–H groups in total. The predicted molar refractivity (Wildman–Crippen MR) is 128 cm³/mol. The number of esters is 1. The van der Waals surface area contributed by atoms with E-state index >= 15 is 0 Å². The zero-order valence-electron chi connectivity index (χ0n) is 18.5. The van der Waals surface area contributed by atoms with Crippen LogP contribution in [0.3, 0.4) is 0 Å². The first-order valence-electron chi connectivity index (χ1n) is 10.3. The molecule has 2 heterocycles. The number of anilines is 1. The summed E-state index contributed by atoms with van der Waals surface area (Å²) in [5.74, 6) is -1.09. The molecule has 1 aromatic heterocycles. The number of aromatic carboxylic acids is 1. The van der Waals surface area contributed by atoms with Crippen molar-refractivity contribution in [3.8, 4) is 0 Å². The number of carboxylic acids is 1. The molecular weight excluding hydrogens is 462 g/mol. The number of nitrogen functional groups attached to an aromatic ring is 1. The number of alkyl halides is 1. The summed E-state index contributed by atoms with van der Waals surface area (Å²) in [5, 5.41) is 8.38. The normalized spacial score (nSPS) is 16.3. The second kappa shape index (κ2) is 13.8. The number of rotatable bonds is 5. The number of carbonyl (C=O) groups excluding carboxylic acids is 1. The van der Waals surface area contributed by atoms with E-state index in [1.807, 2.05) is 6.07 Å². The third kappa shape index (κ3) is 8.02. The highest BCUT2D eigenvalue weighted by molar-refractivity contribution is 6.15. The van der Waals surface area contributed by atoms with Crippen molar-refractivity contribution in [1.29, 1.82) is 0 Å². The van der Waals surface area contributed by atoms with Gasteiger partial charge in [0, 0.05) is 12.6 Å². The molecule has 0 radical (unpaired) electrons. The quantitative estimate of drug-likeness (QED) is 0.412. The molecule has 1 aliphatic heterocycles. The molecular formula is C24H26ClN3O6. The molecule has 0 spiro atoms. The molecule has 2 atom stereocenters. The van der Waals surface area contributed by atoms with Crippen LogP contribution in [0, 0.1) is 0 Å². The summed E-state index contributed by atoms with van der Waals surface area (Å²) in [6, 6.07) is 18.6. The highest BCUT2D eigenvalue weighted by atomic mass is 35.5. The third-order valence-corrected chi connectivity index (χ3v) is 4.68. The number of hydrogen-bond acceptors (Lipinski definition) is 7. The van der Waals surface area contributed by atoms with Crippen molar-refractivity contribution < 1.29 is 24.2 Å². The Morgan fingerprint density at radius 2 is 1.65 bits per heavy atom. The second-order valence-corrected chi connectivity index (χ2v) is 6.97. The Kier molecular flexibility index (Phi) is 10.8. The fraction of sp³-hybridized carbons (Fsp3) is 0.250. The zero-order chi connectivity index (χ0) is 24.9. The number of ether oxygens (including phenoxy) is 2. The number of aromatic nitrogens is 2. The van der Waals surface area contributed by atoms with Crippen molar-refractivity contribution in [2.75, 3.05) is 18.7 Å². The largest absolute Gasteiger partial charge is 0.478 e. The minimum atomic E-state index is -0.879. The number of halogens is 1. The summed E-state index contributed by atoms with van der Waals surface area (Å²) >= 11 is 4.64. The van der Waals surface area contributed by atoms with Gasteiger partial charge in [-0.05, 0) is 43.2 Å². The lowest BCUT2D eigenvalue weighted by Crippen LogP contribution is -2.28. The monoisotopic (exact) mass is 487 g/mol. The van der Waals surface area contributed by atoms with Gasteiger partial charge in [0.25, 0.3) is 0 Å². The van der Waals surface area contributed by atoms with Crippen LogP contribution in [0.2, 0.25) is 0 Å². The van der Waals surface area contributed by atoms with Crippen molar-refractivity contribution in [2.24, 2.45) is 0 Å². The number of carboxylic acid groups (broad SMARTS) is 1. The molecule has 4 rings (SSSR count). The van der Waals surface area contributed by atoms with Gasteiger partial charge in [-0.1, -0.05) is 36.4 Å². The lowest BCUT2D eigenvalue weighted by molar-refractivity contribution is -0.0339. The standard InChI is InChI=1S/C16H17N3O4.C7H6O2.CH3Cl/c17-13-8-9-19(16(21)18-13)14-7-6-12(23-14)10-22-15(20)11-4-2-1-3-5-11;8-7(9)6-4-2-1-3-5-6;1-2/h1-5,8-9,12,14H,6-7,10H2,(H2,17,18,21);1-5H,(H,8,9);1H3. The molecule has 0 aliphatic carbocycles. The molecule has 3 aromatic rings. The fourth-order valence-corrected chi connectivity index (χ4v) is 3.07. The summed E-state index contributed by atoms with van der Waals surface area (Å²) in [5.41, 5.74) is 5.85. The molecule has 1 fully saturated rings. The molecule has 1 saturated heterocycles. The molecule has 2 unspecified atom stereocenters. The van der Waals surface area contributed by atoms with Crippen LogP contribution in [0.25, 0.3) is 0 Å². The average Bonchev–Trinajstić information content (AvgIpc) is 3.34. The minimum absolute atomic E-state index is 0.154. The van der Waals surface area contributed by atoms with Crippen molar-refractivity contribution >= 4 is 29.4 Å². The van der Waals surface area contributed by atoms with E-state index < -0.39 is 17.9 Å². The summed E-state index contributed by atoms with van der Waals surface area (Å²) in [4.78, 5) is 37.6. The third-order valence-electron chi connectivity index (χ3n) is 4.68. The molecule has 34 heavy (non-hydrogen) atoms. The van der Waals surface area contributed by atoms with Gasteiger partial charge >= 0.3 is 17.6 Å². The van der Waals surface area contributed by atoms with Gasteiger partial charge in [0.1, 0.15) is 18.7 Å². The minimum Gasteiger partial charge on any atom is -0.478 e. The zero-order valence-corrected chi connectivity index (χ0v) is 19.3. The Bertz CT molecular complexity index is 1110. The number of benzene rings is 2. The number of hydrogen-bond donors (Lipinski definition) is 2.